The summed E-state index contributed by atoms with van der Waals surface area (Å²) in [5.74, 6) is 0.119. The highest BCUT2D eigenvalue weighted by molar-refractivity contribution is 5.78. The standard InChI is InChI=1S/C13H17N3O3/c1-2-14-12-6-5-11(16(18)19)8-10(12)9-15-7-3-4-13(15)17/h5-6,8,14H,2-4,7,9H2,1H3. The Balaban J connectivity index is 2.26. The van der Waals surface area contributed by atoms with Crippen molar-refractivity contribution < 1.29 is 9.72 Å². The Hall–Kier alpha value is -2.11. The zero-order valence-corrected chi connectivity index (χ0v) is 10.9. The van der Waals surface area contributed by atoms with Gasteiger partial charge in [0, 0.05) is 49.4 Å². The van der Waals surface area contributed by atoms with Crippen LogP contribution in [0.2, 0.25) is 0 Å². The lowest BCUT2D eigenvalue weighted by atomic mass is 10.1. The molecule has 0 unspecified atom stereocenters. The molecular formula is C13H17N3O3. The molecule has 0 atom stereocenters. The maximum atomic E-state index is 11.6. The molecule has 1 aliphatic heterocycles. The predicted molar refractivity (Wildman–Crippen MR) is 71.9 cm³/mol. The number of benzene rings is 1. The summed E-state index contributed by atoms with van der Waals surface area (Å²) < 4.78 is 0. The summed E-state index contributed by atoms with van der Waals surface area (Å²) in [6.45, 7) is 3.86. The fourth-order valence-electron chi connectivity index (χ4n) is 2.26. The minimum absolute atomic E-state index is 0.0586. The number of nitro benzene ring substituents is 1. The van der Waals surface area contributed by atoms with Gasteiger partial charge in [0.2, 0.25) is 5.91 Å². The van der Waals surface area contributed by atoms with Gasteiger partial charge >= 0.3 is 0 Å². The number of carbonyl (C=O) groups is 1. The summed E-state index contributed by atoms with van der Waals surface area (Å²) in [6, 6.07) is 4.73. The smallest absolute Gasteiger partial charge is 0.269 e. The van der Waals surface area contributed by atoms with E-state index in [1.807, 2.05) is 6.92 Å². The Morgan fingerprint density at radius 3 is 2.84 bits per heavy atom. The summed E-state index contributed by atoms with van der Waals surface area (Å²) in [7, 11) is 0. The number of hydrogen-bond donors (Lipinski definition) is 1. The highest BCUT2D eigenvalue weighted by Gasteiger charge is 2.22. The van der Waals surface area contributed by atoms with Crippen molar-refractivity contribution in [2.24, 2.45) is 0 Å². The number of likely N-dealkylation sites (tertiary alicyclic amines) is 1. The van der Waals surface area contributed by atoms with Gasteiger partial charge < -0.3 is 10.2 Å². The van der Waals surface area contributed by atoms with Crippen LogP contribution in [0.15, 0.2) is 18.2 Å². The van der Waals surface area contributed by atoms with Gasteiger partial charge in [0.25, 0.3) is 5.69 Å². The van der Waals surface area contributed by atoms with E-state index in [4.69, 9.17) is 0 Å². The lowest BCUT2D eigenvalue weighted by Gasteiger charge is -2.18. The monoisotopic (exact) mass is 263 g/mol. The molecule has 0 bridgehead atoms. The van der Waals surface area contributed by atoms with Crippen molar-refractivity contribution in [3.63, 3.8) is 0 Å². The number of amides is 1. The second kappa shape index (κ2) is 5.69. The second-order valence-electron chi connectivity index (χ2n) is 4.55. The fourth-order valence-corrected chi connectivity index (χ4v) is 2.26. The molecule has 1 aromatic carbocycles. The first-order valence-corrected chi connectivity index (χ1v) is 6.40. The first-order valence-electron chi connectivity index (χ1n) is 6.40. The molecule has 0 aliphatic carbocycles. The Morgan fingerprint density at radius 1 is 1.47 bits per heavy atom. The van der Waals surface area contributed by atoms with E-state index in [1.165, 1.54) is 6.07 Å². The van der Waals surface area contributed by atoms with Crippen LogP contribution in [0.1, 0.15) is 25.3 Å². The van der Waals surface area contributed by atoms with E-state index in [9.17, 15) is 14.9 Å². The number of nitrogens with one attached hydrogen (secondary N) is 1. The van der Waals surface area contributed by atoms with Crippen molar-refractivity contribution in [3.05, 3.63) is 33.9 Å². The summed E-state index contributed by atoms with van der Waals surface area (Å²) >= 11 is 0. The number of non-ortho nitro benzene ring substituents is 1. The topological polar surface area (TPSA) is 75.5 Å². The van der Waals surface area contributed by atoms with Crippen molar-refractivity contribution in [1.29, 1.82) is 0 Å². The first-order chi connectivity index (χ1) is 9.11. The Bertz CT molecular complexity index is 502. The molecule has 6 nitrogen and oxygen atoms in total. The molecule has 19 heavy (non-hydrogen) atoms. The first kappa shape index (κ1) is 13.3. The molecule has 102 valence electrons. The Labute approximate surface area is 111 Å². The van der Waals surface area contributed by atoms with Crippen LogP contribution in [0.5, 0.6) is 0 Å². The van der Waals surface area contributed by atoms with Crippen LogP contribution in [-0.4, -0.2) is 28.8 Å². The van der Waals surface area contributed by atoms with Crippen LogP contribution in [0, 0.1) is 10.1 Å². The summed E-state index contributed by atoms with van der Waals surface area (Å²) in [4.78, 5) is 23.8. The van der Waals surface area contributed by atoms with Crippen molar-refractivity contribution in [1.82, 2.24) is 4.90 Å². The number of carbonyl (C=O) groups excluding carboxylic acids is 1. The lowest BCUT2D eigenvalue weighted by molar-refractivity contribution is -0.384. The van der Waals surface area contributed by atoms with Gasteiger partial charge in [0.1, 0.15) is 0 Å². The number of nitrogens with zero attached hydrogens (tertiary/aromatic N) is 2. The molecule has 1 aromatic rings. The molecule has 1 aliphatic rings. The van der Waals surface area contributed by atoms with Gasteiger partial charge in [-0.2, -0.15) is 0 Å². The van der Waals surface area contributed by atoms with Crippen LogP contribution in [0.4, 0.5) is 11.4 Å². The van der Waals surface area contributed by atoms with Crippen LogP contribution in [-0.2, 0) is 11.3 Å². The largest absolute Gasteiger partial charge is 0.385 e. The molecule has 1 saturated heterocycles. The van der Waals surface area contributed by atoms with Gasteiger partial charge in [-0.05, 0) is 19.4 Å². The van der Waals surface area contributed by atoms with Crippen LogP contribution < -0.4 is 5.32 Å². The molecule has 1 N–H and O–H groups in total. The van der Waals surface area contributed by atoms with Gasteiger partial charge in [-0.1, -0.05) is 0 Å². The number of rotatable bonds is 5. The fraction of sp³-hybridized carbons (Fsp3) is 0.462. The van der Waals surface area contributed by atoms with Crippen LogP contribution >= 0.6 is 0 Å². The molecule has 0 spiro atoms. The van der Waals surface area contributed by atoms with Gasteiger partial charge in [-0.3, -0.25) is 14.9 Å². The summed E-state index contributed by atoms with van der Waals surface area (Å²) in [5, 5.41) is 14.0. The maximum absolute atomic E-state index is 11.6. The minimum atomic E-state index is -0.412. The quantitative estimate of drug-likeness (QED) is 0.652. The molecule has 0 radical (unpaired) electrons. The number of hydrogen-bond acceptors (Lipinski definition) is 4. The molecule has 0 saturated carbocycles. The highest BCUT2D eigenvalue weighted by Crippen LogP contribution is 2.25. The molecule has 1 amide bonds. The van der Waals surface area contributed by atoms with E-state index in [-0.39, 0.29) is 11.6 Å². The zero-order chi connectivity index (χ0) is 13.8. The SMILES string of the molecule is CCNc1ccc([N+](=O)[O-])cc1CN1CCCC1=O. The molecule has 1 heterocycles. The summed E-state index contributed by atoms with van der Waals surface area (Å²) in [5.41, 5.74) is 1.71. The van der Waals surface area contributed by atoms with Crippen molar-refractivity contribution >= 4 is 17.3 Å². The average Bonchev–Trinajstić information content (AvgIpc) is 2.77. The average molecular weight is 263 g/mol. The Kier molecular flexibility index (Phi) is 3.99. The third-order valence-electron chi connectivity index (χ3n) is 3.20. The minimum Gasteiger partial charge on any atom is -0.385 e. The molecule has 0 aromatic heterocycles. The molecular weight excluding hydrogens is 246 g/mol. The van der Waals surface area contributed by atoms with E-state index < -0.39 is 4.92 Å². The van der Waals surface area contributed by atoms with E-state index >= 15 is 0 Å². The van der Waals surface area contributed by atoms with E-state index in [0.29, 0.717) is 13.0 Å². The van der Waals surface area contributed by atoms with Gasteiger partial charge in [0.05, 0.1) is 4.92 Å². The maximum Gasteiger partial charge on any atom is 0.269 e. The van der Waals surface area contributed by atoms with Gasteiger partial charge in [-0.25, -0.2) is 0 Å². The predicted octanol–water partition coefficient (Wildman–Crippen LogP) is 2.15. The Morgan fingerprint density at radius 2 is 2.26 bits per heavy atom. The van der Waals surface area contributed by atoms with E-state index in [0.717, 1.165) is 30.8 Å². The third-order valence-corrected chi connectivity index (χ3v) is 3.20. The van der Waals surface area contributed by atoms with Crippen LogP contribution in [0.25, 0.3) is 0 Å². The van der Waals surface area contributed by atoms with E-state index in [2.05, 4.69) is 5.32 Å². The normalized spacial score (nSPS) is 14.8. The van der Waals surface area contributed by atoms with Gasteiger partial charge in [0.15, 0.2) is 0 Å². The molecule has 2 rings (SSSR count). The van der Waals surface area contributed by atoms with Crippen molar-refractivity contribution in [2.45, 2.75) is 26.3 Å². The lowest BCUT2D eigenvalue weighted by Crippen LogP contribution is -2.24. The molecule has 1 fully saturated rings. The highest BCUT2D eigenvalue weighted by atomic mass is 16.6. The number of anilines is 1. The van der Waals surface area contributed by atoms with Gasteiger partial charge in [-0.15, -0.1) is 0 Å². The van der Waals surface area contributed by atoms with E-state index in [1.54, 1.807) is 17.0 Å². The van der Waals surface area contributed by atoms with Crippen molar-refractivity contribution in [3.8, 4) is 0 Å². The summed E-state index contributed by atoms with van der Waals surface area (Å²) in [6.07, 6.45) is 1.44. The zero-order valence-electron chi connectivity index (χ0n) is 10.9. The third kappa shape index (κ3) is 3.01. The van der Waals surface area contributed by atoms with Crippen LogP contribution in [0.3, 0.4) is 0 Å². The molecule has 6 heteroatoms. The van der Waals surface area contributed by atoms with Crippen molar-refractivity contribution in [2.75, 3.05) is 18.4 Å². The second-order valence-corrected chi connectivity index (χ2v) is 4.55. The number of nitro groups is 1.